The molecule has 0 aromatic carbocycles. The molecular formula is C10H20N2OS2. The third kappa shape index (κ3) is 7.62. The molecule has 0 spiro atoms. The maximum atomic E-state index is 11.7. The Morgan fingerprint density at radius 2 is 2.13 bits per heavy atom. The molecule has 0 aliphatic carbocycles. The van der Waals surface area contributed by atoms with E-state index in [1.807, 2.05) is 11.2 Å². The lowest BCUT2D eigenvalue weighted by atomic mass is 10.2. The highest BCUT2D eigenvalue weighted by molar-refractivity contribution is 7.99. The molecule has 3 nitrogen and oxygen atoms in total. The number of hydrogen-bond donors (Lipinski definition) is 1. The number of carbonyl (C=O) groups is 1. The lowest BCUT2D eigenvalue weighted by molar-refractivity contribution is -0.128. The Hall–Kier alpha value is -0.290. The number of thioether (sulfide) groups is 1. The number of thiocarbonyl (C=S) groups is 1. The molecule has 0 fully saturated rings. The fourth-order valence-corrected chi connectivity index (χ4v) is 1.74. The molecule has 0 aliphatic rings. The predicted molar refractivity (Wildman–Crippen MR) is 71.2 cm³/mol. The Balaban J connectivity index is 4.16. The zero-order valence-electron chi connectivity index (χ0n) is 9.66. The van der Waals surface area contributed by atoms with Crippen LogP contribution in [0.25, 0.3) is 0 Å². The van der Waals surface area contributed by atoms with Crippen molar-refractivity contribution < 1.29 is 4.79 Å². The molecule has 5 heteroatoms. The fraction of sp³-hybridized carbons (Fsp3) is 0.800. The van der Waals surface area contributed by atoms with E-state index in [1.165, 1.54) is 0 Å². The van der Waals surface area contributed by atoms with Gasteiger partial charge in [0.15, 0.2) is 0 Å². The van der Waals surface area contributed by atoms with Crippen molar-refractivity contribution >= 4 is 34.9 Å². The first-order valence-electron chi connectivity index (χ1n) is 5.02. The van der Waals surface area contributed by atoms with Gasteiger partial charge in [0.1, 0.15) is 0 Å². The predicted octanol–water partition coefficient (Wildman–Crippen LogP) is 1.51. The fourth-order valence-electron chi connectivity index (χ4n) is 1.22. The zero-order valence-corrected chi connectivity index (χ0v) is 11.3. The summed E-state index contributed by atoms with van der Waals surface area (Å²) < 4.78 is 0. The molecular weight excluding hydrogens is 228 g/mol. The van der Waals surface area contributed by atoms with Crippen LogP contribution in [0.2, 0.25) is 0 Å². The molecule has 0 unspecified atom stereocenters. The quantitative estimate of drug-likeness (QED) is 0.694. The van der Waals surface area contributed by atoms with Crippen molar-refractivity contribution in [3.05, 3.63) is 0 Å². The second-order valence-corrected chi connectivity index (χ2v) is 5.27. The second kappa shape index (κ2) is 7.93. The molecule has 0 atom stereocenters. The standard InChI is InChI=1S/C10H20N2OS2/c1-8(2)6-12(5-4-9(11)14)10(13)7-15-3/h8H,4-7H2,1-3H3,(H2,11,14). The number of nitrogens with zero attached hydrogens (tertiary/aromatic N) is 1. The number of rotatable bonds is 7. The van der Waals surface area contributed by atoms with E-state index in [0.29, 0.717) is 29.6 Å². The summed E-state index contributed by atoms with van der Waals surface area (Å²) in [5, 5.41) is 0. The van der Waals surface area contributed by atoms with Gasteiger partial charge in [-0.3, -0.25) is 4.79 Å². The Bertz CT molecular complexity index is 219. The molecule has 0 heterocycles. The van der Waals surface area contributed by atoms with E-state index in [2.05, 4.69) is 13.8 Å². The molecule has 88 valence electrons. The SMILES string of the molecule is CSCC(=O)N(CCC(N)=S)CC(C)C. The van der Waals surface area contributed by atoms with E-state index in [9.17, 15) is 4.79 Å². The van der Waals surface area contributed by atoms with Crippen molar-refractivity contribution in [3.63, 3.8) is 0 Å². The number of hydrogen-bond acceptors (Lipinski definition) is 3. The Kier molecular flexibility index (Phi) is 7.78. The van der Waals surface area contributed by atoms with Gasteiger partial charge in [0.05, 0.1) is 10.7 Å². The summed E-state index contributed by atoms with van der Waals surface area (Å²) in [5.41, 5.74) is 5.43. The van der Waals surface area contributed by atoms with Crippen LogP contribution in [0.1, 0.15) is 20.3 Å². The monoisotopic (exact) mass is 248 g/mol. The molecule has 0 radical (unpaired) electrons. The molecule has 0 saturated heterocycles. The van der Waals surface area contributed by atoms with Crippen LogP contribution in [0.4, 0.5) is 0 Å². The Morgan fingerprint density at radius 1 is 1.53 bits per heavy atom. The zero-order chi connectivity index (χ0) is 11.8. The topological polar surface area (TPSA) is 46.3 Å². The first-order chi connectivity index (χ1) is 6.97. The van der Waals surface area contributed by atoms with Crippen molar-refractivity contribution in [1.29, 1.82) is 0 Å². The van der Waals surface area contributed by atoms with Gasteiger partial charge in [0, 0.05) is 19.5 Å². The van der Waals surface area contributed by atoms with Crippen LogP contribution in [0.3, 0.4) is 0 Å². The molecule has 0 aliphatic heterocycles. The first-order valence-corrected chi connectivity index (χ1v) is 6.82. The smallest absolute Gasteiger partial charge is 0.232 e. The average Bonchev–Trinajstić information content (AvgIpc) is 2.11. The van der Waals surface area contributed by atoms with E-state index in [1.54, 1.807) is 11.8 Å². The summed E-state index contributed by atoms with van der Waals surface area (Å²) in [6, 6.07) is 0. The van der Waals surface area contributed by atoms with Gasteiger partial charge in [-0.05, 0) is 12.2 Å². The van der Waals surface area contributed by atoms with Crippen LogP contribution in [-0.2, 0) is 4.79 Å². The summed E-state index contributed by atoms with van der Waals surface area (Å²) in [6.07, 6.45) is 2.54. The van der Waals surface area contributed by atoms with Gasteiger partial charge < -0.3 is 10.6 Å². The molecule has 0 rings (SSSR count). The van der Waals surface area contributed by atoms with Crippen LogP contribution in [0, 0.1) is 5.92 Å². The molecule has 1 amide bonds. The van der Waals surface area contributed by atoms with Gasteiger partial charge in [-0.15, -0.1) is 0 Å². The highest BCUT2D eigenvalue weighted by Gasteiger charge is 2.13. The minimum atomic E-state index is 0.174. The van der Waals surface area contributed by atoms with Crippen LogP contribution in [0.5, 0.6) is 0 Å². The number of nitrogens with two attached hydrogens (primary N) is 1. The van der Waals surface area contributed by atoms with Gasteiger partial charge in [-0.25, -0.2) is 0 Å². The molecule has 0 aromatic heterocycles. The van der Waals surface area contributed by atoms with Gasteiger partial charge in [-0.1, -0.05) is 26.1 Å². The van der Waals surface area contributed by atoms with E-state index >= 15 is 0 Å². The van der Waals surface area contributed by atoms with Crippen LogP contribution in [0.15, 0.2) is 0 Å². The average molecular weight is 248 g/mol. The van der Waals surface area contributed by atoms with Gasteiger partial charge >= 0.3 is 0 Å². The minimum absolute atomic E-state index is 0.174. The molecule has 2 N–H and O–H groups in total. The van der Waals surface area contributed by atoms with E-state index in [4.69, 9.17) is 18.0 Å². The highest BCUT2D eigenvalue weighted by Crippen LogP contribution is 2.04. The van der Waals surface area contributed by atoms with Crippen molar-refractivity contribution in [2.75, 3.05) is 25.1 Å². The van der Waals surface area contributed by atoms with Gasteiger partial charge in [-0.2, -0.15) is 11.8 Å². The van der Waals surface area contributed by atoms with Crippen molar-refractivity contribution in [3.8, 4) is 0 Å². The summed E-state index contributed by atoms with van der Waals surface area (Å²) in [6.45, 7) is 5.62. The number of carbonyl (C=O) groups excluding carboxylic acids is 1. The van der Waals surface area contributed by atoms with E-state index < -0.39 is 0 Å². The van der Waals surface area contributed by atoms with E-state index in [0.717, 1.165) is 6.54 Å². The highest BCUT2D eigenvalue weighted by atomic mass is 32.2. The van der Waals surface area contributed by atoms with Crippen LogP contribution >= 0.6 is 24.0 Å². The largest absolute Gasteiger partial charge is 0.393 e. The first kappa shape index (κ1) is 14.7. The third-order valence-corrected chi connectivity index (χ3v) is 2.57. The summed E-state index contributed by atoms with van der Waals surface area (Å²) in [7, 11) is 0. The molecule has 0 bridgehead atoms. The van der Waals surface area contributed by atoms with Gasteiger partial charge in [0.2, 0.25) is 5.91 Å². The Labute approximate surface area is 102 Å². The molecule has 15 heavy (non-hydrogen) atoms. The number of amides is 1. The van der Waals surface area contributed by atoms with Crippen LogP contribution < -0.4 is 5.73 Å². The third-order valence-electron chi connectivity index (χ3n) is 1.83. The maximum absolute atomic E-state index is 11.7. The van der Waals surface area contributed by atoms with Crippen molar-refractivity contribution in [2.45, 2.75) is 20.3 Å². The normalized spacial score (nSPS) is 10.4. The molecule has 0 aromatic rings. The summed E-state index contributed by atoms with van der Waals surface area (Å²) in [5.74, 6) is 1.18. The van der Waals surface area contributed by atoms with Crippen molar-refractivity contribution in [2.24, 2.45) is 11.7 Å². The van der Waals surface area contributed by atoms with Gasteiger partial charge in [0.25, 0.3) is 0 Å². The Morgan fingerprint density at radius 3 is 2.53 bits per heavy atom. The molecule has 0 saturated carbocycles. The summed E-state index contributed by atoms with van der Waals surface area (Å²) >= 11 is 6.36. The summed E-state index contributed by atoms with van der Waals surface area (Å²) in [4.78, 5) is 14.0. The van der Waals surface area contributed by atoms with Crippen LogP contribution in [-0.4, -0.2) is 40.9 Å². The lowest BCUT2D eigenvalue weighted by Gasteiger charge is -2.24. The minimum Gasteiger partial charge on any atom is -0.393 e. The lowest BCUT2D eigenvalue weighted by Crippen LogP contribution is -2.37. The van der Waals surface area contributed by atoms with E-state index in [-0.39, 0.29) is 5.91 Å². The second-order valence-electron chi connectivity index (χ2n) is 3.88. The maximum Gasteiger partial charge on any atom is 0.232 e. The van der Waals surface area contributed by atoms with Crippen molar-refractivity contribution in [1.82, 2.24) is 4.90 Å².